The standard InChI is InChI=1S/C28H33N3O3/c1-19-12-14-30(15-13-19)28(33)25-21-9-4-5-10-22(21)27(32)31(16-17-34-3)26(25)23-18-29(2)24-11-7-6-8-20(23)24/h4-11,18-19,25-26H,12-17H2,1-3H3/t25-,26+/m0/s1. The number of methoxy groups -OCH3 is 1. The maximum absolute atomic E-state index is 14.2. The van der Waals surface area contributed by atoms with E-state index >= 15 is 0 Å². The SMILES string of the molecule is COCCN1C(=O)c2ccccc2[C@H](C(=O)N2CCC(C)CC2)[C@H]1c1cn(C)c2ccccc12. The summed E-state index contributed by atoms with van der Waals surface area (Å²) < 4.78 is 7.48. The number of carbonyl (C=O) groups excluding carboxylic acids is 2. The summed E-state index contributed by atoms with van der Waals surface area (Å²) in [4.78, 5) is 31.9. The van der Waals surface area contributed by atoms with Crippen molar-refractivity contribution in [1.82, 2.24) is 14.4 Å². The maximum Gasteiger partial charge on any atom is 0.254 e. The molecular weight excluding hydrogens is 426 g/mol. The third-order valence-electron chi connectivity index (χ3n) is 7.58. The summed E-state index contributed by atoms with van der Waals surface area (Å²) in [7, 11) is 3.67. The Labute approximate surface area is 201 Å². The van der Waals surface area contributed by atoms with Crippen LogP contribution < -0.4 is 0 Å². The molecule has 3 aromatic rings. The topological polar surface area (TPSA) is 54.8 Å². The molecule has 178 valence electrons. The molecule has 2 aliphatic heterocycles. The van der Waals surface area contributed by atoms with Crippen LogP contribution in [0.5, 0.6) is 0 Å². The van der Waals surface area contributed by atoms with Gasteiger partial charge in [0.25, 0.3) is 5.91 Å². The van der Waals surface area contributed by atoms with Crippen LogP contribution in [0.2, 0.25) is 0 Å². The Kier molecular flexibility index (Phi) is 6.17. The number of piperidine rings is 1. The van der Waals surface area contributed by atoms with E-state index in [0.29, 0.717) is 24.6 Å². The first kappa shape index (κ1) is 22.7. The Balaban J connectivity index is 1.69. The van der Waals surface area contributed by atoms with Gasteiger partial charge in [-0.2, -0.15) is 0 Å². The number of amides is 2. The van der Waals surface area contributed by atoms with E-state index in [-0.39, 0.29) is 11.8 Å². The van der Waals surface area contributed by atoms with Crippen molar-refractivity contribution in [3.63, 3.8) is 0 Å². The van der Waals surface area contributed by atoms with Gasteiger partial charge >= 0.3 is 0 Å². The fourth-order valence-electron chi connectivity index (χ4n) is 5.67. The molecule has 0 saturated carbocycles. The van der Waals surface area contributed by atoms with Gasteiger partial charge in [0.2, 0.25) is 5.91 Å². The predicted molar refractivity (Wildman–Crippen MR) is 133 cm³/mol. The minimum absolute atomic E-state index is 0.0399. The summed E-state index contributed by atoms with van der Waals surface area (Å²) in [6, 6.07) is 15.5. The molecule has 34 heavy (non-hydrogen) atoms. The van der Waals surface area contributed by atoms with Crippen LogP contribution in [0, 0.1) is 5.92 Å². The van der Waals surface area contributed by atoms with E-state index in [2.05, 4.69) is 29.8 Å². The van der Waals surface area contributed by atoms with Crippen LogP contribution in [0.3, 0.4) is 0 Å². The van der Waals surface area contributed by atoms with E-state index < -0.39 is 12.0 Å². The summed E-state index contributed by atoms with van der Waals surface area (Å²) >= 11 is 0. The number of hydrogen-bond donors (Lipinski definition) is 0. The zero-order valence-electron chi connectivity index (χ0n) is 20.2. The number of carbonyl (C=O) groups is 2. The molecule has 2 amide bonds. The lowest BCUT2D eigenvalue weighted by Gasteiger charge is -2.44. The zero-order chi connectivity index (χ0) is 23.8. The third-order valence-corrected chi connectivity index (χ3v) is 7.58. The normalized spacial score (nSPS) is 21.2. The lowest BCUT2D eigenvalue weighted by Crippen LogP contribution is -2.50. The molecule has 1 saturated heterocycles. The average Bonchev–Trinajstić information content (AvgIpc) is 3.19. The predicted octanol–water partition coefficient (Wildman–Crippen LogP) is 4.36. The van der Waals surface area contributed by atoms with E-state index in [0.717, 1.165) is 48.0 Å². The Bertz CT molecular complexity index is 1210. The fourth-order valence-corrected chi connectivity index (χ4v) is 5.67. The molecule has 6 heteroatoms. The van der Waals surface area contributed by atoms with E-state index in [1.165, 1.54) is 0 Å². The Morgan fingerprint density at radius 2 is 1.74 bits per heavy atom. The fraction of sp³-hybridized carbons (Fsp3) is 0.429. The highest BCUT2D eigenvalue weighted by Crippen LogP contribution is 2.46. The lowest BCUT2D eigenvalue weighted by molar-refractivity contribution is -0.136. The van der Waals surface area contributed by atoms with Crippen LogP contribution in [0.4, 0.5) is 0 Å². The van der Waals surface area contributed by atoms with Gasteiger partial charge in [-0.3, -0.25) is 9.59 Å². The van der Waals surface area contributed by atoms with Gasteiger partial charge in [0, 0.05) is 62.0 Å². The number of hydrogen-bond acceptors (Lipinski definition) is 3. The van der Waals surface area contributed by atoms with E-state index in [9.17, 15) is 9.59 Å². The molecule has 0 unspecified atom stereocenters. The van der Waals surface area contributed by atoms with Crippen molar-refractivity contribution in [2.75, 3.05) is 33.4 Å². The summed E-state index contributed by atoms with van der Waals surface area (Å²) in [6.45, 7) is 4.64. The van der Waals surface area contributed by atoms with Crippen LogP contribution in [0.25, 0.3) is 10.9 Å². The van der Waals surface area contributed by atoms with Gasteiger partial charge in [-0.1, -0.05) is 43.3 Å². The summed E-state index contributed by atoms with van der Waals surface area (Å²) in [5.74, 6) is 0.260. The third kappa shape index (κ3) is 3.80. The molecule has 2 aromatic carbocycles. The number of aromatic nitrogens is 1. The highest BCUT2D eigenvalue weighted by molar-refractivity contribution is 6.02. The van der Waals surface area contributed by atoms with Gasteiger partial charge in [-0.25, -0.2) is 0 Å². The molecule has 0 spiro atoms. The first-order valence-electron chi connectivity index (χ1n) is 12.2. The van der Waals surface area contributed by atoms with Gasteiger partial charge < -0.3 is 19.1 Å². The minimum Gasteiger partial charge on any atom is -0.383 e. The van der Waals surface area contributed by atoms with Gasteiger partial charge in [0.05, 0.1) is 18.6 Å². The van der Waals surface area contributed by atoms with Crippen LogP contribution in [-0.2, 0) is 16.6 Å². The molecular formula is C28H33N3O3. The first-order chi connectivity index (χ1) is 16.5. The van der Waals surface area contributed by atoms with E-state index in [1.807, 2.05) is 53.2 Å². The molecule has 0 bridgehead atoms. The molecule has 0 aliphatic carbocycles. The summed E-state index contributed by atoms with van der Waals surface area (Å²) in [5.41, 5.74) is 3.57. The number of para-hydroxylation sites is 1. The van der Waals surface area contributed by atoms with Crippen molar-refractivity contribution in [3.8, 4) is 0 Å². The second-order valence-corrected chi connectivity index (χ2v) is 9.72. The Morgan fingerprint density at radius 1 is 1.03 bits per heavy atom. The molecule has 0 radical (unpaired) electrons. The second kappa shape index (κ2) is 9.26. The minimum atomic E-state index is -0.454. The highest BCUT2D eigenvalue weighted by Gasteiger charge is 2.46. The number of nitrogens with zero attached hydrogens (tertiary/aromatic N) is 3. The Morgan fingerprint density at radius 3 is 2.50 bits per heavy atom. The van der Waals surface area contributed by atoms with Crippen molar-refractivity contribution >= 4 is 22.7 Å². The molecule has 6 nitrogen and oxygen atoms in total. The van der Waals surface area contributed by atoms with Crippen molar-refractivity contribution in [2.45, 2.75) is 31.7 Å². The Hall–Kier alpha value is -3.12. The van der Waals surface area contributed by atoms with Crippen LogP contribution in [0.15, 0.2) is 54.7 Å². The highest BCUT2D eigenvalue weighted by atomic mass is 16.5. The second-order valence-electron chi connectivity index (χ2n) is 9.72. The van der Waals surface area contributed by atoms with Crippen molar-refractivity contribution in [1.29, 1.82) is 0 Å². The average molecular weight is 460 g/mol. The number of benzene rings is 2. The quantitative estimate of drug-likeness (QED) is 0.570. The molecule has 2 atom stereocenters. The zero-order valence-corrected chi connectivity index (χ0v) is 20.2. The maximum atomic E-state index is 14.2. The van der Waals surface area contributed by atoms with E-state index in [1.54, 1.807) is 7.11 Å². The summed E-state index contributed by atoms with van der Waals surface area (Å²) in [5, 5.41) is 1.08. The molecule has 1 aromatic heterocycles. The van der Waals surface area contributed by atoms with Crippen LogP contribution in [-0.4, -0.2) is 59.5 Å². The monoisotopic (exact) mass is 459 g/mol. The van der Waals surface area contributed by atoms with Crippen LogP contribution in [0.1, 0.15) is 53.2 Å². The van der Waals surface area contributed by atoms with Crippen molar-refractivity contribution in [3.05, 3.63) is 71.4 Å². The first-order valence-corrected chi connectivity index (χ1v) is 12.2. The van der Waals surface area contributed by atoms with Gasteiger partial charge in [0.15, 0.2) is 0 Å². The number of rotatable bonds is 5. The molecule has 0 N–H and O–H groups in total. The number of fused-ring (bicyclic) bond motifs is 2. The van der Waals surface area contributed by atoms with Crippen LogP contribution >= 0.6 is 0 Å². The molecule has 5 rings (SSSR count). The number of likely N-dealkylation sites (tertiary alicyclic amines) is 1. The number of ether oxygens (including phenoxy) is 1. The largest absolute Gasteiger partial charge is 0.383 e. The van der Waals surface area contributed by atoms with Gasteiger partial charge in [-0.15, -0.1) is 0 Å². The van der Waals surface area contributed by atoms with Gasteiger partial charge in [0.1, 0.15) is 0 Å². The number of aryl methyl sites for hydroxylation is 1. The summed E-state index contributed by atoms with van der Waals surface area (Å²) in [6.07, 6.45) is 4.13. The van der Waals surface area contributed by atoms with Crippen molar-refractivity contribution in [2.24, 2.45) is 13.0 Å². The van der Waals surface area contributed by atoms with Crippen molar-refractivity contribution < 1.29 is 14.3 Å². The van der Waals surface area contributed by atoms with Gasteiger partial charge in [-0.05, 0) is 36.5 Å². The molecule has 1 fully saturated rings. The molecule has 2 aliphatic rings. The van der Waals surface area contributed by atoms with E-state index in [4.69, 9.17) is 4.74 Å². The molecule has 3 heterocycles. The lowest BCUT2D eigenvalue weighted by atomic mass is 9.78. The smallest absolute Gasteiger partial charge is 0.254 e.